The van der Waals surface area contributed by atoms with Gasteiger partial charge in [-0.1, -0.05) is 42.8 Å². The summed E-state index contributed by atoms with van der Waals surface area (Å²) in [6, 6.07) is 22.6. The van der Waals surface area contributed by atoms with Crippen molar-refractivity contribution >= 4 is 28.9 Å². The Labute approximate surface area is 250 Å². The molecule has 4 aromatic carbocycles. The first-order valence-corrected chi connectivity index (χ1v) is 14.3. The summed E-state index contributed by atoms with van der Waals surface area (Å²) in [4.78, 5) is 17.4. The van der Waals surface area contributed by atoms with Crippen LogP contribution < -0.4 is 19.3 Å². The molecule has 0 saturated heterocycles. The van der Waals surface area contributed by atoms with Crippen molar-refractivity contribution in [3.05, 3.63) is 118 Å². The summed E-state index contributed by atoms with van der Waals surface area (Å²) in [6.45, 7) is 4.25. The molecule has 1 aliphatic rings. The third-order valence-electron chi connectivity index (χ3n) is 7.69. The Morgan fingerprint density at radius 2 is 1.74 bits per heavy atom. The number of carbonyl (C=O) groups is 1. The molecule has 5 nitrogen and oxygen atoms in total. The normalized spacial score (nSPS) is 15.3. The van der Waals surface area contributed by atoms with Gasteiger partial charge >= 0.3 is 0 Å². The number of ether oxygens (including phenoxy) is 2. The number of anilines is 2. The van der Waals surface area contributed by atoms with Crippen molar-refractivity contribution < 1.29 is 23.0 Å². The van der Waals surface area contributed by atoms with E-state index in [0.29, 0.717) is 22.2 Å². The molecule has 8 heteroatoms. The number of rotatable bonds is 9. The molecule has 0 aliphatic carbocycles. The predicted octanol–water partition coefficient (Wildman–Crippen LogP) is 8.12. The zero-order valence-corrected chi connectivity index (χ0v) is 24.8. The van der Waals surface area contributed by atoms with E-state index >= 15 is 0 Å². The van der Waals surface area contributed by atoms with Crippen LogP contribution in [0.2, 0.25) is 5.02 Å². The number of halogens is 3. The maximum absolute atomic E-state index is 14.3. The molecule has 0 saturated carbocycles. The third-order valence-corrected chi connectivity index (χ3v) is 7.94. The highest BCUT2D eigenvalue weighted by molar-refractivity contribution is 6.30. The van der Waals surface area contributed by atoms with Crippen molar-refractivity contribution in [2.24, 2.45) is 0 Å². The van der Waals surface area contributed by atoms with Crippen molar-refractivity contribution in [2.75, 3.05) is 24.0 Å². The first-order valence-electron chi connectivity index (χ1n) is 13.9. The molecule has 0 N–H and O–H groups in total. The fourth-order valence-corrected chi connectivity index (χ4v) is 5.39. The number of carbonyl (C=O) groups excluding carboxylic acids is 1. The van der Waals surface area contributed by atoms with Crippen molar-refractivity contribution in [2.45, 2.75) is 45.4 Å². The van der Waals surface area contributed by atoms with Crippen LogP contribution in [0.5, 0.6) is 11.5 Å². The van der Waals surface area contributed by atoms with Crippen molar-refractivity contribution in [3.63, 3.8) is 0 Å². The van der Waals surface area contributed by atoms with Gasteiger partial charge in [0.2, 0.25) is 5.91 Å². The van der Waals surface area contributed by atoms with E-state index in [0.717, 1.165) is 34.9 Å². The van der Waals surface area contributed by atoms with Crippen molar-refractivity contribution in [1.82, 2.24) is 0 Å². The summed E-state index contributed by atoms with van der Waals surface area (Å²) < 4.78 is 39.9. The molecule has 1 unspecified atom stereocenters. The van der Waals surface area contributed by atoms with Gasteiger partial charge in [-0.3, -0.25) is 4.79 Å². The Morgan fingerprint density at radius 1 is 1.02 bits per heavy atom. The lowest BCUT2D eigenvalue weighted by atomic mass is 9.86. The van der Waals surface area contributed by atoms with Crippen molar-refractivity contribution in [3.8, 4) is 11.5 Å². The third kappa shape index (κ3) is 5.93. The molecule has 0 bridgehead atoms. The Kier molecular flexibility index (Phi) is 8.69. The lowest BCUT2D eigenvalue weighted by molar-refractivity contribution is -0.118. The maximum Gasteiger partial charge on any atom is 0.232 e. The fourth-order valence-electron chi connectivity index (χ4n) is 5.26. The van der Waals surface area contributed by atoms with Gasteiger partial charge in [0.05, 0.1) is 25.7 Å². The summed E-state index contributed by atoms with van der Waals surface area (Å²) in [5.74, 6) is -0.572. The van der Waals surface area contributed by atoms with E-state index < -0.39 is 17.7 Å². The second-order valence-corrected chi connectivity index (χ2v) is 11.0. The van der Waals surface area contributed by atoms with Gasteiger partial charge in [-0.25, -0.2) is 8.78 Å². The van der Waals surface area contributed by atoms with E-state index in [9.17, 15) is 13.6 Å². The molecule has 4 aromatic rings. The molecule has 42 heavy (non-hydrogen) atoms. The van der Waals surface area contributed by atoms with E-state index in [-0.39, 0.29) is 30.5 Å². The smallest absolute Gasteiger partial charge is 0.232 e. The number of amides is 1. The highest BCUT2D eigenvalue weighted by atomic mass is 35.5. The quantitative estimate of drug-likeness (QED) is 0.197. The number of methoxy groups -OCH3 is 1. The van der Waals surface area contributed by atoms with Crippen molar-refractivity contribution in [1.29, 1.82) is 0 Å². The van der Waals surface area contributed by atoms with Crippen LogP contribution in [0.15, 0.2) is 78.9 Å². The van der Waals surface area contributed by atoms with E-state index in [1.54, 1.807) is 18.1 Å². The van der Waals surface area contributed by atoms with E-state index in [2.05, 4.69) is 6.92 Å². The second kappa shape index (κ2) is 12.4. The van der Waals surface area contributed by atoms with Gasteiger partial charge < -0.3 is 19.3 Å². The maximum atomic E-state index is 14.3. The Balaban J connectivity index is 1.53. The molecular formula is C34H33ClF2N2O3. The van der Waals surface area contributed by atoms with Gasteiger partial charge in [-0.15, -0.1) is 0 Å². The first kappa shape index (κ1) is 29.4. The summed E-state index contributed by atoms with van der Waals surface area (Å²) in [7, 11) is 3.41. The number of fused-ring (bicyclic) bond motifs is 1. The number of nitrogens with zero attached hydrogens (tertiary/aromatic N) is 2. The van der Waals surface area contributed by atoms with E-state index in [4.69, 9.17) is 21.1 Å². The molecular weight excluding hydrogens is 558 g/mol. The lowest BCUT2D eigenvalue weighted by Crippen LogP contribution is -2.41. The molecule has 2 atom stereocenters. The standard InChI is InChI=1S/C34H33ClF2N2O3/c1-5-21(2)42-31-19-28-24(17-30(31)41-4)18-32(40)39(34(28)22-9-11-25(35)12-10-22)27-15-13-26(14-16-27)38(3)20-23-7-6-8-29(36)33(23)37/h6-17,19,21,34H,5,18,20H2,1-4H3/t21-,34?/m1/s1. The molecule has 1 amide bonds. The minimum atomic E-state index is -0.872. The van der Waals surface area contributed by atoms with Gasteiger partial charge in [-0.2, -0.15) is 0 Å². The van der Waals surface area contributed by atoms with Crippen LogP contribution in [0.3, 0.4) is 0 Å². The van der Waals surface area contributed by atoms with Gasteiger partial charge in [0.1, 0.15) is 0 Å². The predicted molar refractivity (Wildman–Crippen MR) is 163 cm³/mol. The molecule has 0 radical (unpaired) electrons. The summed E-state index contributed by atoms with van der Waals surface area (Å²) >= 11 is 6.23. The molecule has 5 rings (SSSR count). The Hall–Kier alpha value is -4.10. The second-order valence-electron chi connectivity index (χ2n) is 10.5. The lowest BCUT2D eigenvalue weighted by Gasteiger charge is -2.38. The van der Waals surface area contributed by atoms with Gasteiger partial charge in [0, 0.05) is 35.6 Å². The minimum Gasteiger partial charge on any atom is -0.493 e. The molecule has 0 fully saturated rings. The molecule has 218 valence electrons. The summed E-state index contributed by atoms with van der Waals surface area (Å²) in [5.41, 5.74) is 4.48. The van der Waals surface area contributed by atoms with Crippen LogP contribution in [0.25, 0.3) is 0 Å². The fraction of sp³-hybridized carbons (Fsp3) is 0.265. The molecule has 0 aromatic heterocycles. The number of benzene rings is 4. The zero-order chi connectivity index (χ0) is 30.0. The summed E-state index contributed by atoms with van der Waals surface area (Å²) in [6.07, 6.45) is 1.01. The zero-order valence-electron chi connectivity index (χ0n) is 24.0. The number of hydrogen-bond donors (Lipinski definition) is 0. The molecule has 1 heterocycles. The minimum absolute atomic E-state index is 0.0161. The Bertz CT molecular complexity index is 1580. The topological polar surface area (TPSA) is 42.0 Å². The van der Waals surface area contributed by atoms with Gasteiger partial charge in [-0.05, 0) is 84.6 Å². The SMILES string of the molecule is CC[C@@H](C)Oc1cc2c(cc1OC)CC(=O)N(c1ccc(N(C)Cc3cccc(F)c3F)cc1)C2c1ccc(Cl)cc1. The van der Waals surface area contributed by atoms with Crippen LogP contribution in [-0.2, 0) is 17.8 Å². The van der Waals surface area contributed by atoms with Crippen LogP contribution in [-0.4, -0.2) is 26.2 Å². The van der Waals surface area contributed by atoms with Gasteiger partial charge in [0.25, 0.3) is 0 Å². The van der Waals surface area contributed by atoms with E-state index in [1.165, 1.54) is 6.07 Å². The average Bonchev–Trinajstić information content (AvgIpc) is 2.99. The molecule has 0 spiro atoms. The average molecular weight is 591 g/mol. The monoisotopic (exact) mass is 590 g/mol. The van der Waals surface area contributed by atoms with Crippen LogP contribution >= 0.6 is 11.6 Å². The van der Waals surface area contributed by atoms with Crippen LogP contribution in [0, 0.1) is 11.6 Å². The van der Waals surface area contributed by atoms with Gasteiger partial charge in [0.15, 0.2) is 23.1 Å². The first-order chi connectivity index (χ1) is 20.2. The Morgan fingerprint density at radius 3 is 2.40 bits per heavy atom. The van der Waals surface area contributed by atoms with Crippen LogP contribution in [0.4, 0.5) is 20.2 Å². The largest absolute Gasteiger partial charge is 0.493 e. The number of hydrogen-bond acceptors (Lipinski definition) is 4. The van der Waals surface area contributed by atoms with E-state index in [1.807, 2.05) is 79.5 Å². The summed E-state index contributed by atoms with van der Waals surface area (Å²) in [5, 5.41) is 0.602. The van der Waals surface area contributed by atoms with Crippen LogP contribution in [0.1, 0.15) is 48.6 Å². The highest BCUT2D eigenvalue weighted by Crippen LogP contribution is 2.44. The molecule has 1 aliphatic heterocycles. The highest BCUT2D eigenvalue weighted by Gasteiger charge is 2.36.